The third-order valence-corrected chi connectivity index (χ3v) is 0.368. The number of hydrogen-bond acceptors (Lipinski definition) is 2. The van der Waals surface area contributed by atoms with Gasteiger partial charge in [0.1, 0.15) is 0 Å². The zero-order valence-electron chi connectivity index (χ0n) is 5.26. The molecule has 52 valence electrons. The van der Waals surface area contributed by atoms with Crippen LogP contribution in [0.4, 0.5) is 0 Å². The van der Waals surface area contributed by atoms with E-state index in [2.05, 4.69) is 17.9 Å². The van der Waals surface area contributed by atoms with Gasteiger partial charge < -0.3 is 4.74 Å². The average Bonchev–Trinajstić information content (AvgIpc) is 1.88. The molecule has 0 rings (SSSR count). The number of ether oxygens (including phenoxy) is 1. The molecule has 0 saturated heterocycles. The molecule has 0 spiro atoms. The molecule has 0 N–H and O–H groups in total. The van der Waals surface area contributed by atoms with E-state index in [0.717, 1.165) is 6.08 Å². The molecular formula is C6H9ClO2. The fraction of sp³-hybridized carbons (Fsp3) is 0.167. The van der Waals surface area contributed by atoms with Gasteiger partial charge in [-0.25, -0.2) is 4.79 Å². The Morgan fingerprint density at radius 3 is 2.00 bits per heavy atom. The van der Waals surface area contributed by atoms with Gasteiger partial charge in [-0.3, -0.25) is 0 Å². The summed E-state index contributed by atoms with van der Waals surface area (Å²) in [5.41, 5.74) is 1.22. The van der Waals surface area contributed by atoms with Crippen molar-refractivity contribution in [1.82, 2.24) is 0 Å². The lowest BCUT2D eigenvalue weighted by Gasteiger charge is -1.83. The summed E-state index contributed by atoms with van der Waals surface area (Å²) >= 11 is 4.76. The van der Waals surface area contributed by atoms with Crippen molar-refractivity contribution in [3.05, 3.63) is 24.8 Å². The Balaban J connectivity index is 0. The second-order valence-electron chi connectivity index (χ2n) is 0.882. The molecule has 0 aliphatic carbocycles. The second kappa shape index (κ2) is 10.3. The van der Waals surface area contributed by atoms with Gasteiger partial charge in [0.25, 0.3) is 0 Å². The van der Waals surface area contributed by atoms with Crippen molar-refractivity contribution >= 4 is 17.6 Å². The summed E-state index contributed by atoms with van der Waals surface area (Å²) in [6.07, 6.45) is 1.11. The van der Waals surface area contributed by atoms with Gasteiger partial charge in [0.2, 0.25) is 0 Å². The van der Waals surface area contributed by atoms with Gasteiger partial charge in [0, 0.05) is 6.08 Å². The van der Waals surface area contributed by atoms with E-state index in [-0.39, 0.29) is 0 Å². The molecule has 2 nitrogen and oxygen atoms in total. The van der Waals surface area contributed by atoms with Crippen LogP contribution >= 0.6 is 11.6 Å². The summed E-state index contributed by atoms with van der Waals surface area (Å²) in [7, 11) is 1.31. The second-order valence-corrected chi connectivity index (χ2v) is 1.19. The molecule has 0 aliphatic rings. The first-order chi connectivity index (χ1) is 4.22. The van der Waals surface area contributed by atoms with E-state index in [1.54, 1.807) is 0 Å². The van der Waals surface area contributed by atoms with E-state index >= 15 is 0 Å². The van der Waals surface area contributed by atoms with Crippen LogP contribution < -0.4 is 0 Å². The molecule has 3 heteroatoms. The van der Waals surface area contributed by atoms with Crippen molar-refractivity contribution in [2.45, 2.75) is 0 Å². The third kappa shape index (κ3) is 18.9. The monoisotopic (exact) mass is 148 g/mol. The van der Waals surface area contributed by atoms with Crippen molar-refractivity contribution < 1.29 is 9.53 Å². The Labute approximate surface area is 59.8 Å². The van der Waals surface area contributed by atoms with Crippen LogP contribution in [0.25, 0.3) is 0 Å². The molecule has 0 heterocycles. The molecule has 0 fully saturated rings. The molecule has 0 aromatic rings. The predicted molar refractivity (Wildman–Crippen MR) is 38.3 cm³/mol. The molecule has 0 aromatic carbocycles. The zero-order chi connectivity index (χ0) is 7.70. The minimum absolute atomic E-state index is 0.394. The normalized spacial score (nSPS) is 6.00. The maximum atomic E-state index is 9.84. The first-order valence-electron chi connectivity index (χ1n) is 2.14. The Bertz CT molecular complexity index is 99.2. The standard InChI is InChI=1S/C4H6O2.C2H3Cl/c1-3-4(5)6-2;1-2-3/h3H,1H2,2H3;2H,1H2. The van der Waals surface area contributed by atoms with Gasteiger partial charge in [-0.2, -0.15) is 0 Å². The Morgan fingerprint density at radius 2 is 2.00 bits per heavy atom. The Hall–Kier alpha value is -0.760. The van der Waals surface area contributed by atoms with Crippen molar-refractivity contribution in [3.8, 4) is 0 Å². The highest BCUT2D eigenvalue weighted by Gasteiger charge is 1.81. The number of esters is 1. The number of carbonyl (C=O) groups is 1. The van der Waals surface area contributed by atoms with Gasteiger partial charge >= 0.3 is 5.97 Å². The summed E-state index contributed by atoms with van der Waals surface area (Å²) in [5.74, 6) is -0.394. The van der Waals surface area contributed by atoms with Crippen LogP contribution in [0.5, 0.6) is 0 Å². The van der Waals surface area contributed by atoms with Gasteiger partial charge in [-0.05, 0) is 5.54 Å². The number of hydrogen-bond donors (Lipinski definition) is 0. The summed E-state index contributed by atoms with van der Waals surface area (Å²) in [6, 6.07) is 0. The Kier molecular flexibility index (Phi) is 12.7. The zero-order valence-corrected chi connectivity index (χ0v) is 6.02. The molecule has 9 heavy (non-hydrogen) atoms. The van der Waals surface area contributed by atoms with Gasteiger partial charge in [-0.15, -0.1) is 0 Å². The minimum Gasteiger partial charge on any atom is -0.466 e. The van der Waals surface area contributed by atoms with Crippen LogP contribution in [0.3, 0.4) is 0 Å². The molecule has 0 aromatic heterocycles. The van der Waals surface area contributed by atoms with Crippen LogP contribution in [0.15, 0.2) is 24.8 Å². The highest BCUT2D eigenvalue weighted by atomic mass is 35.5. The summed E-state index contributed by atoms with van der Waals surface area (Å²) in [6.45, 7) is 6.28. The van der Waals surface area contributed by atoms with Crippen LogP contribution in [0, 0.1) is 0 Å². The lowest BCUT2D eigenvalue weighted by atomic mass is 10.7. The fourth-order valence-electron chi connectivity index (χ4n) is 0.0833. The number of halogens is 1. The van der Waals surface area contributed by atoms with E-state index in [1.807, 2.05) is 0 Å². The van der Waals surface area contributed by atoms with Crippen molar-refractivity contribution in [2.24, 2.45) is 0 Å². The number of methoxy groups -OCH3 is 1. The molecule has 0 unspecified atom stereocenters. The topological polar surface area (TPSA) is 26.3 Å². The molecule has 0 bridgehead atoms. The molecule has 0 amide bonds. The third-order valence-electron chi connectivity index (χ3n) is 0.368. The smallest absolute Gasteiger partial charge is 0.329 e. The lowest BCUT2D eigenvalue weighted by molar-refractivity contribution is -0.134. The SMILES string of the molecule is C=CC(=O)OC.C=CCl. The van der Waals surface area contributed by atoms with E-state index in [4.69, 9.17) is 11.6 Å². The highest BCUT2D eigenvalue weighted by molar-refractivity contribution is 6.25. The number of carbonyl (C=O) groups excluding carboxylic acids is 1. The van der Waals surface area contributed by atoms with E-state index < -0.39 is 5.97 Å². The van der Waals surface area contributed by atoms with Crippen LogP contribution in [-0.4, -0.2) is 13.1 Å². The molecule has 0 atom stereocenters. The highest BCUT2D eigenvalue weighted by Crippen LogP contribution is 1.67. The van der Waals surface area contributed by atoms with Gasteiger partial charge in [0.05, 0.1) is 7.11 Å². The van der Waals surface area contributed by atoms with Crippen LogP contribution in [0.2, 0.25) is 0 Å². The van der Waals surface area contributed by atoms with E-state index in [9.17, 15) is 4.79 Å². The molecule has 0 radical (unpaired) electrons. The minimum atomic E-state index is -0.394. The Morgan fingerprint density at radius 1 is 1.67 bits per heavy atom. The maximum absolute atomic E-state index is 9.84. The van der Waals surface area contributed by atoms with Crippen LogP contribution in [0.1, 0.15) is 0 Å². The average molecular weight is 149 g/mol. The van der Waals surface area contributed by atoms with Crippen molar-refractivity contribution in [3.63, 3.8) is 0 Å². The maximum Gasteiger partial charge on any atom is 0.329 e. The van der Waals surface area contributed by atoms with Crippen molar-refractivity contribution in [1.29, 1.82) is 0 Å². The van der Waals surface area contributed by atoms with Crippen LogP contribution in [-0.2, 0) is 9.53 Å². The summed E-state index contributed by atoms with van der Waals surface area (Å²) < 4.78 is 4.14. The van der Waals surface area contributed by atoms with Gasteiger partial charge in [0.15, 0.2) is 0 Å². The quantitative estimate of drug-likeness (QED) is 0.418. The first kappa shape index (κ1) is 11.1. The van der Waals surface area contributed by atoms with Gasteiger partial charge in [-0.1, -0.05) is 24.8 Å². The summed E-state index contributed by atoms with van der Waals surface area (Å²) in [5, 5.41) is 0. The largest absolute Gasteiger partial charge is 0.466 e. The predicted octanol–water partition coefficient (Wildman–Crippen LogP) is 1.71. The molecule has 0 saturated carbocycles. The molecule has 0 aliphatic heterocycles. The fourth-order valence-corrected chi connectivity index (χ4v) is 0.0833. The molecular weight excluding hydrogens is 140 g/mol. The number of rotatable bonds is 1. The first-order valence-corrected chi connectivity index (χ1v) is 2.58. The van der Waals surface area contributed by atoms with E-state index in [0.29, 0.717) is 0 Å². The van der Waals surface area contributed by atoms with E-state index in [1.165, 1.54) is 12.6 Å². The van der Waals surface area contributed by atoms with Crippen molar-refractivity contribution in [2.75, 3.05) is 7.11 Å². The lowest BCUT2D eigenvalue weighted by Crippen LogP contribution is -1.91. The summed E-state index contributed by atoms with van der Waals surface area (Å²) in [4.78, 5) is 9.84.